The van der Waals surface area contributed by atoms with Gasteiger partial charge < -0.3 is 5.32 Å². The molecule has 1 aromatic rings. The highest BCUT2D eigenvalue weighted by molar-refractivity contribution is 8.13. The Morgan fingerprint density at radius 1 is 1.35 bits per heavy atom. The van der Waals surface area contributed by atoms with E-state index in [0.717, 1.165) is 12.1 Å². The molecule has 0 aliphatic carbocycles. The van der Waals surface area contributed by atoms with Crippen molar-refractivity contribution in [3.05, 3.63) is 29.6 Å². The topological polar surface area (TPSA) is 63.2 Å². The Labute approximate surface area is 134 Å². The first-order valence-corrected chi connectivity index (χ1v) is 8.88. The quantitative estimate of drug-likeness (QED) is 0.651. The minimum atomic E-state index is -5.17. The fourth-order valence-electron chi connectivity index (χ4n) is 2.73. The molecule has 1 heterocycles. The zero-order valence-corrected chi connectivity index (χ0v) is 13.1. The van der Waals surface area contributed by atoms with Gasteiger partial charge in [0.15, 0.2) is 0 Å². The van der Waals surface area contributed by atoms with Crippen LogP contribution < -0.4 is 5.32 Å². The second kappa shape index (κ2) is 6.37. The molecule has 10 heteroatoms. The number of rotatable bonds is 4. The first kappa shape index (κ1) is 18.2. The van der Waals surface area contributed by atoms with Crippen LogP contribution in [0.15, 0.2) is 23.1 Å². The van der Waals surface area contributed by atoms with Gasteiger partial charge in [0.2, 0.25) is 5.78 Å². The van der Waals surface area contributed by atoms with Gasteiger partial charge in [-0.15, -0.1) is 0 Å². The molecule has 0 spiro atoms. The van der Waals surface area contributed by atoms with E-state index in [4.69, 9.17) is 10.7 Å². The highest BCUT2D eigenvalue weighted by Gasteiger charge is 2.48. The molecule has 2 rings (SSSR count). The number of alkyl halides is 3. The van der Waals surface area contributed by atoms with E-state index in [1.807, 2.05) is 0 Å². The van der Waals surface area contributed by atoms with E-state index >= 15 is 0 Å². The van der Waals surface area contributed by atoms with E-state index in [1.54, 1.807) is 0 Å². The van der Waals surface area contributed by atoms with E-state index in [1.165, 1.54) is 0 Å². The number of halogens is 5. The molecule has 0 aromatic heterocycles. The monoisotopic (exact) mass is 373 g/mol. The van der Waals surface area contributed by atoms with Crippen molar-refractivity contribution in [1.29, 1.82) is 0 Å². The zero-order chi connectivity index (χ0) is 17.4. The fourth-order valence-corrected chi connectivity index (χ4v) is 3.85. The Morgan fingerprint density at radius 3 is 2.48 bits per heavy atom. The van der Waals surface area contributed by atoms with Gasteiger partial charge in [0.05, 0.1) is 10.8 Å². The average Bonchev–Trinajstić information content (AvgIpc) is 2.90. The number of ketones is 1. The van der Waals surface area contributed by atoms with Gasteiger partial charge >= 0.3 is 6.18 Å². The van der Waals surface area contributed by atoms with Crippen LogP contribution in [0.3, 0.4) is 0 Å². The van der Waals surface area contributed by atoms with E-state index in [0.29, 0.717) is 12.6 Å². The maximum Gasteiger partial charge on any atom is 0.450 e. The van der Waals surface area contributed by atoms with Gasteiger partial charge in [-0.2, -0.15) is 13.2 Å². The molecule has 1 aliphatic heterocycles. The average molecular weight is 374 g/mol. The van der Waals surface area contributed by atoms with Crippen LogP contribution in [-0.4, -0.2) is 33.5 Å². The Kier molecular flexibility index (Phi) is 5.03. The highest BCUT2D eigenvalue weighted by atomic mass is 35.7. The van der Waals surface area contributed by atoms with Crippen molar-refractivity contribution in [2.24, 2.45) is 5.92 Å². The molecule has 2 unspecified atom stereocenters. The molecule has 2 atom stereocenters. The van der Waals surface area contributed by atoms with E-state index in [-0.39, 0.29) is 13.0 Å². The summed E-state index contributed by atoms with van der Waals surface area (Å²) in [5, 5.41) is 2.81. The van der Waals surface area contributed by atoms with Crippen molar-refractivity contribution in [1.82, 2.24) is 5.32 Å². The second-order valence-corrected chi connectivity index (χ2v) is 7.75. The fraction of sp³-hybridized carbons (Fsp3) is 0.462. The van der Waals surface area contributed by atoms with Crippen LogP contribution in [-0.2, 0) is 13.8 Å². The van der Waals surface area contributed by atoms with Crippen molar-refractivity contribution >= 4 is 25.5 Å². The van der Waals surface area contributed by atoms with Gasteiger partial charge in [-0.1, -0.05) is 0 Å². The van der Waals surface area contributed by atoms with Gasteiger partial charge in [0.1, 0.15) is 5.82 Å². The van der Waals surface area contributed by atoms with Gasteiger partial charge in [-0.3, -0.25) is 4.79 Å². The minimum Gasteiger partial charge on any atom is -0.316 e. The Bertz CT molecular complexity index is 714. The standard InChI is InChI=1S/C13H12ClF4NO3S/c14-23(21,22)10-2-1-8(15)5-9(10)11(7-3-4-19-6-7)12(20)13(16,17)18/h1-2,5,7,11,19H,3-4,6H2. The Morgan fingerprint density at radius 2 is 2.00 bits per heavy atom. The normalized spacial score (nSPS) is 20.5. The molecule has 0 amide bonds. The van der Waals surface area contributed by atoms with Crippen LogP contribution in [0.2, 0.25) is 0 Å². The first-order valence-electron chi connectivity index (χ1n) is 6.57. The van der Waals surface area contributed by atoms with Gasteiger partial charge in [0.25, 0.3) is 9.05 Å². The summed E-state index contributed by atoms with van der Waals surface area (Å²) in [7, 11) is 0.789. The Balaban J connectivity index is 2.64. The van der Waals surface area contributed by atoms with Crippen LogP contribution in [0.4, 0.5) is 17.6 Å². The Hall–Kier alpha value is -1.19. The second-order valence-electron chi connectivity index (χ2n) is 5.21. The van der Waals surface area contributed by atoms with Crippen LogP contribution >= 0.6 is 10.7 Å². The minimum absolute atomic E-state index is 0.0881. The molecular weight excluding hydrogens is 362 g/mol. The molecule has 23 heavy (non-hydrogen) atoms. The molecule has 1 aromatic carbocycles. The van der Waals surface area contributed by atoms with E-state index in [9.17, 15) is 30.8 Å². The van der Waals surface area contributed by atoms with Crippen molar-refractivity contribution < 1.29 is 30.8 Å². The lowest BCUT2D eigenvalue weighted by Gasteiger charge is -2.24. The molecule has 0 bridgehead atoms. The lowest BCUT2D eigenvalue weighted by Crippen LogP contribution is -2.35. The summed E-state index contributed by atoms with van der Waals surface area (Å²) in [5.41, 5.74) is -0.559. The van der Waals surface area contributed by atoms with E-state index in [2.05, 4.69) is 5.32 Å². The maximum atomic E-state index is 13.5. The third-order valence-corrected chi connectivity index (χ3v) is 5.10. The molecular formula is C13H12ClF4NO3S. The number of carbonyl (C=O) groups is 1. The number of carbonyl (C=O) groups excluding carboxylic acids is 1. The van der Waals surface area contributed by atoms with Crippen LogP contribution in [0.1, 0.15) is 17.9 Å². The molecule has 1 aliphatic rings. The lowest BCUT2D eigenvalue weighted by atomic mass is 9.82. The van der Waals surface area contributed by atoms with Crippen molar-refractivity contribution in [3.63, 3.8) is 0 Å². The third-order valence-electron chi connectivity index (χ3n) is 3.70. The van der Waals surface area contributed by atoms with E-state index < -0.39 is 49.1 Å². The van der Waals surface area contributed by atoms with Crippen molar-refractivity contribution in [3.8, 4) is 0 Å². The lowest BCUT2D eigenvalue weighted by molar-refractivity contribution is -0.174. The number of nitrogens with one attached hydrogen (secondary N) is 1. The van der Waals surface area contributed by atoms with Crippen molar-refractivity contribution in [2.75, 3.05) is 13.1 Å². The predicted octanol–water partition coefficient (Wildman–Crippen LogP) is 2.58. The predicted molar refractivity (Wildman–Crippen MR) is 74.2 cm³/mol. The van der Waals surface area contributed by atoms with Gasteiger partial charge in [-0.05, 0) is 49.2 Å². The van der Waals surface area contributed by atoms with Crippen LogP contribution in [0.5, 0.6) is 0 Å². The molecule has 128 valence electrons. The molecule has 1 N–H and O–H groups in total. The van der Waals surface area contributed by atoms with Crippen molar-refractivity contribution in [2.45, 2.75) is 23.4 Å². The van der Waals surface area contributed by atoms with Crippen LogP contribution in [0, 0.1) is 11.7 Å². The van der Waals surface area contributed by atoms with Crippen LogP contribution in [0.25, 0.3) is 0 Å². The highest BCUT2D eigenvalue weighted by Crippen LogP contribution is 2.39. The smallest absolute Gasteiger partial charge is 0.316 e. The summed E-state index contributed by atoms with van der Waals surface area (Å²) in [6.45, 7) is 0.468. The molecule has 0 radical (unpaired) electrons. The summed E-state index contributed by atoms with van der Waals surface area (Å²) in [6.07, 6.45) is -4.95. The third kappa shape index (κ3) is 4.02. The number of hydrogen-bond donors (Lipinski definition) is 1. The number of hydrogen-bond acceptors (Lipinski definition) is 4. The molecule has 4 nitrogen and oxygen atoms in total. The summed E-state index contributed by atoms with van der Waals surface area (Å²) in [4.78, 5) is 11.1. The first-order chi connectivity index (χ1) is 10.5. The molecule has 1 fully saturated rings. The summed E-state index contributed by atoms with van der Waals surface area (Å²) < 4.78 is 75.4. The summed E-state index contributed by atoms with van der Waals surface area (Å²) >= 11 is 0. The zero-order valence-electron chi connectivity index (χ0n) is 11.5. The maximum absolute atomic E-state index is 13.5. The number of Topliss-reactive ketones (excluding diaryl/α,β-unsaturated/α-hetero) is 1. The SMILES string of the molecule is O=C(C(c1cc(F)ccc1S(=O)(=O)Cl)C1CCNC1)C(F)(F)F. The largest absolute Gasteiger partial charge is 0.450 e. The van der Waals surface area contributed by atoms with Gasteiger partial charge in [0, 0.05) is 10.7 Å². The summed E-state index contributed by atoms with van der Waals surface area (Å²) in [5.74, 6) is -5.69. The van der Waals surface area contributed by atoms with Gasteiger partial charge in [-0.25, -0.2) is 12.8 Å². The summed E-state index contributed by atoms with van der Waals surface area (Å²) in [6, 6.07) is 2.16. The molecule has 0 saturated carbocycles. The number of benzene rings is 1. The molecule has 1 saturated heterocycles.